The van der Waals surface area contributed by atoms with Crippen LogP contribution >= 0.6 is 0 Å². The van der Waals surface area contributed by atoms with Crippen LogP contribution in [0.1, 0.15) is 5.56 Å². The average Bonchev–Trinajstić information content (AvgIpc) is 2.84. The maximum absolute atomic E-state index is 10.3. The van der Waals surface area contributed by atoms with Crippen LogP contribution in [-0.4, -0.2) is 9.51 Å². The van der Waals surface area contributed by atoms with Crippen molar-refractivity contribution in [3.63, 3.8) is 0 Å². The summed E-state index contributed by atoms with van der Waals surface area (Å²) in [6.07, 6.45) is 1.98. The second-order valence-electron chi connectivity index (χ2n) is 5.15. The molecule has 2 heterocycles. The van der Waals surface area contributed by atoms with E-state index in [-0.39, 0.29) is 0 Å². The molecule has 3 nitrogen and oxygen atoms in total. The molecule has 0 aliphatic carbocycles. The summed E-state index contributed by atoms with van der Waals surface area (Å²) < 4.78 is 4.19. The Labute approximate surface area is 122 Å². The Morgan fingerprint density at radius 3 is 2.48 bits per heavy atom. The number of imidazole rings is 1. The summed E-state index contributed by atoms with van der Waals surface area (Å²) in [5, 5.41) is 10.3. The van der Waals surface area contributed by atoms with Crippen molar-refractivity contribution in [3.8, 4) is 5.75 Å². The van der Waals surface area contributed by atoms with E-state index in [1.165, 1.54) is 5.56 Å². The molecule has 21 heavy (non-hydrogen) atoms. The van der Waals surface area contributed by atoms with Crippen molar-refractivity contribution < 1.29 is 9.67 Å². The Hall–Kier alpha value is -2.81. The third-order valence-electron chi connectivity index (χ3n) is 3.82. The van der Waals surface area contributed by atoms with Gasteiger partial charge in [-0.3, -0.25) is 0 Å². The van der Waals surface area contributed by atoms with Crippen LogP contribution in [0, 0.1) is 0 Å². The third-order valence-corrected chi connectivity index (χ3v) is 3.82. The van der Waals surface area contributed by atoms with Crippen molar-refractivity contribution in [2.24, 2.45) is 0 Å². The van der Waals surface area contributed by atoms with Crippen molar-refractivity contribution in [3.05, 3.63) is 78.5 Å². The minimum atomic E-state index is 0.296. The van der Waals surface area contributed by atoms with Crippen LogP contribution in [0.25, 0.3) is 16.7 Å². The third kappa shape index (κ3) is 1.86. The SMILES string of the molecule is Oc1cccn2c3ccccc3[n+](Cc3ccccc3)c12. The maximum Gasteiger partial charge on any atom is 0.330 e. The fraction of sp³-hybridized carbons (Fsp3) is 0.0556. The van der Waals surface area contributed by atoms with Crippen LogP contribution in [-0.2, 0) is 6.54 Å². The Morgan fingerprint density at radius 1 is 0.857 bits per heavy atom. The second kappa shape index (κ2) is 4.63. The Morgan fingerprint density at radius 2 is 1.62 bits per heavy atom. The maximum atomic E-state index is 10.3. The molecule has 0 aliphatic heterocycles. The molecule has 0 unspecified atom stereocenters. The van der Waals surface area contributed by atoms with Crippen LogP contribution in [0.3, 0.4) is 0 Å². The van der Waals surface area contributed by atoms with E-state index in [4.69, 9.17) is 0 Å². The monoisotopic (exact) mass is 275 g/mol. The summed E-state index contributed by atoms with van der Waals surface area (Å²) in [6.45, 7) is 0.732. The number of pyridine rings is 1. The normalized spacial score (nSPS) is 11.2. The van der Waals surface area contributed by atoms with Gasteiger partial charge in [0.2, 0.25) is 5.75 Å². The van der Waals surface area contributed by atoms with E-state index in [0.29, 0.717) is 5.75 Å². The fourth-order valence-electron chi connectivity index (χ4n) is 2.89. The van der Waals surface area contributed by atoms with Crippen molar-refractivity contribution in [2.45, 2.75) is 6.54 Å². The van der Waals surface area contributed by atoms with E-state index in [9.17, 15) is 5.11 Å². The van der Waals surface area contributed by atoms with Crippen LogP contribution in [0.15, 0.2) is 72.9 Å². The first kappa shape index (κ1) is 12.0. The number of aromatic nitrogens is 2. The predicted molar refractivity (Wildman–Crippen MR) is 82.3 cm³/mol. The van der Waals surface area contributed by atoms with E-state index < -0.39 is 0 Å². The summed E-state index contributed by atoms with van der Waals surface area (Å²) in [4.78, 5) is 0. The van der Waals surface area contributed by atoms with Gasteiger partial charge in [0.05, 0.1) is 6.20 Å². The molecular formula is C18H15N2O+. The van der Waals surface area contributed by atoms with Gasteiger partial charge in [-0.1, -0.05) is 42.5 Å². The van der Waals surface area contributed by atoms with Crippen molar-refractivity contribution in [2.75, 3.05) is 0 Å². The molecule has 2 aromatic heterocycles. The number of para-hydroxylation sites is 2. The molecule has 0 atom stereocenters. The summed E-state index contributed by atoms with van der Waals surface area (Å²) in [5.74, 6) is 0.296. The Balaban J connectivity index is 2.05. The lowest BCUT2D eigenvalue weighted by Crippen LogP contribution is -2.34. The van der Waals surface area contributed by atoms with Gasteiger partial charge in [-0.25, -0.2) is 4.57 Å². The molecule has 1 N–H and O–H groups in total. The van der Waals surface area contributed by atoms with E-state index in [1.54, 1.807) is 6.07 Å². The smallest absolute Gasteiger partial charge is 0.330 e. The highest BCUT2D eigenvalue weighted by Gasteiger charge is 2.21. The lowest BCUT2D eigenvalue weighted by molar-refractivity contribution is -0.636. The molecule has 4 rings (SSSR count). The van der Waals surface area contributed by atoms with Crippen molar-refractivity contribution in [1.82, 2.24) is 4.40 Å². The van der Waals surface area contributed by atoms with E-state index >= 15 is 0 Å². The molecule has 4 aromatic rings. The summed E-state index contributed by atoms with van der Waals surface area (Å²) in [5.41, 5.74) is 4.24. The van der Waals surface area contributed by atoms with Gasteiger partial charge in [0.1, 0.15) is 6.54 Å². The van der Waals surface area contributed by atoms with Gasteiger partial charge in [-0.05, 0) is 29.8 Å². The second-order valence-corrected chi connectivity index (χ2v) is 5.15. The molecule has 0 spiro atoms. The topological polar surface area (TPSA) is 28.5 Å². The van der Waals surface area contributed by atoms with Gasteiger partial charge in [-0.2, -0.15) is 4.40 Å². The number of fused-ring (bicyclic) bond motifs is 3. The van der Waals surface area contributed by atoms with E-state index in [2.05, 4.69) is 28.8 Å². The first-order valence-electron chi connectivity index (χ1n) is 6.99. The van der Waals surface area contributed by atoms with Gasteiger partial charge in [0.25, 0.3) is 0 Å². The number of aromatic hydroxyl groups is 1. The number of benzene rings is 2. The van der Waals surface area contributed by atoms with E-state index in [0.717, 1.165) is 23.2 Å². The quantitative estimate of drug-likeness (QED) is 0.559. The molecule has 0 amide bonds. The van der Waals surface area contributed by atoms with Gasteiger partial charge < -0.3 is 5.11 Å². The first-order valence-corrected chi connectivity index (χ1v) is 6.99. The van der Waals surface area contributed by atoms with Gasteiger partial charge in [0.15, 0.2) is 11.0 Å². The average molecular weight is 275 g/mol. The zero-order chi connectivity index (χ0) is 14.2. The molecule has 0 saturated carbocycles. The molecule has 0 bridgehead atoms. The zero-order valence-electron chi connectivity index (χ0n) is 11.5. The molecule has 0 fully saturated rings. The Bertz CT molecular complexity index is 926. The fourth-order valence-corrected chi connectivity index (χ4v) is 2.89. The van der Waals surface area contributed by atoms with Crippen LogP contribution in [0.5, 0.6) is 5.75 Å². The zero-order valence-corrected chi connectivity index (χ0v) is 11.5. The van der Waals surface area contributed by atoms with Gasteiger partial charge in [-0.15, -0.1) is 0 Å². The molecule has 0 saturated heterocycles. The predicted octanol–water partition coefficient (Wildman–Crippen LogP) is 3.13. The number of rotatable bonds is 2. The summed E-state index contributed by atoms with van der Waals surface area (Å²) in [6, 6.07) is 22.1. The largest absolute Gasteiger partial charge is 0.501 e. The van der Waals surface area contributed by atoms with E-state index in [1.807, 2.05) is 47.0 Å². The highest BCUT2D eigenvalue weighted by Crippen LogP contribution is 2.21. The standard InChI is InChI=1S/C18H14N2O/c21-17-11-6-12-19-15-9-4-5-10-16(15)20(18(17)19)13-14-7-2-1-3-8-14/h1-12H,13H2/p+1. The van der Waals surface area contributed by atoms with Crippen molar-refractivity contribution >= 4 is 16.7 Å². The molecule has 0 aliphatic rings. The lowest BCUT2D eigenvalue weighted by atomic mass is 10.2. The molecule has 0 radical (unpaired) electrons. The van der Waals surface area contributed by atoms with Crippen LogP contribution in [0.4, 0.5) is 0 Å². The van der Waals surface area contributed by atoms with Crippen LogP contribution in [0.2, 0.25) is 0 Å². The molecule has 3 heteroatoms. The molecular weight excluding hydrogens is 260 g/mol. The van der Waals surface area contributed by atoms with Gasteiger partial charge in [0, 0.05) is 0 Å². The number of hydrogen-bond donors (Lipinski definition) is 1. The van der Waals surface area contributed by atoms with Gasteiger partial charge >= 0.3 is 5.65 Å². The van der Waals surface area contributed by atoms with Crippen molar-refractivity contribution in [1.29, 1.82) is 0 Å². The Kier molecular flexibility index (Phi) is 2.64. The molecule has 2 aromatic carbocycles. The number of hydrogen-bond acceptors (Lipinski definition) is 1. The summed E-state index contributed by atoms with van der Waals surface area (Å²) in [7, 11) is 0. The van der Waals surface area contributed by atoms with Crippen LogP contribution < -0.4 is 4.57 Å². The highest BCUT2D eigenvalue weighted by atomic mass is 16.3. The minimum absolute atomic E-state index is 0.296. The summed E-state index contributed by atoms with van der Waals surface area (Å²) >= 11 is 0. The number of nitrogens with zero attached hydrogens (tertiary/aromatic N) is 2. The first-order chi connectivity index (χ1) is 10.3. The minimum Gasteiger partial charge on any atom is -0.501 e. The highest BCUT2D eigenvalue weighted by molar-refractivity contribution is 5.77. The lowest BCUT2D eigenvalue weighted by Gasteiger charge is -2.00. The molecule has 102 valence electrons.